The third kappa shape index (κ3) is 4.34. The van der Waals surface area contributed by atoms with Crippen LogP contribution >= 0.6 is 15.9 Å². The highest BCUT2D eigenvalue weighted by Crippen LogP contribution is 2.24. The zero-order chi connectivity index (χ0) is 13.7. The van der Waals surface area contributed by atoms with Gasteiger partial charge in [-0.2, -0.15) is 0 Å². The first kappa shape index (κ1) is 15.6. The molecule has 0 radical (unpaired) electrons. The van der Waals surface area contributed by atoms with Gasteiger partial charge in [0.15, 0.2) is 0 Å². The highest BCUT2D eigenvalue weighted by atomic mass is 79.9. The van der Waals surface area contributed by atoms with Crippen molar-refractivity contribution in [3.8, 4) is 0 Å². The lowest BCUT2D eigenvalue weighted by molar-refractivity contribution is 0.168. The quantitative estimate of drug-likeness (QED) is 0.877. The van der Waals surface area contributed by atoms with E-state index in [1.165, 1.54) is 12.0 Å². The SMILES string of the molecule is CC(C)CC(C)N(C)C(CN)c1cncc(Br)c1. The van der Waals surface area contributed by atoms with Crippen LogP contribution in [0.1, 0.15) is 38.8 Å². The van der Waals surface area contributed by atoms with Crippen molar-refractivity contribution < 1.29 is 0 Å². The Morgan fingerprint density at radius 3 is 2.50 bits per heavy atom. The first-order chi connectivity index (χ1) is 8.45. The van der Waals surface area contributed by atoms with E-state index >= 15 is 0 Å². The fourth-order valence-electron chi connectivity index (χ4n) is 2.30. The number of halogens is 1. The van der Waals surface area contributed by atoms with E-state index < -0.39 is 0 Å². The first-order valence-electron chi connectivity index (χ1n) is 6.48. The van der Waals surface area contributed by atoms with Gasteiger partial charge in [0.2, 0.25) is 0 Å². The molecule has 0 aliphatic rings. The molecule has 0 amide bonds. The number of aromatic nitrogens is 1. The Hall–Kier alpha value is -0.450. The highest BCUT2D eigenvalue weighted by Gasteiger charge is 2.21. The van der Waals surface area contributed by atoms with Crippen molar-refractivity contribution in [1.29, 1.82) is 0 Å². The number of nitrogens with two attached hydrogens (primary N) is 1. The van der Waals surface area contributed by atoms with Gasteiger partial charge in [-0.15, -0.1) is 0 Å². The summed E-state index contributed by atoms with van der Waals surface area (Å²) in [5.74, 6) is 0.696. The Bertz CT molecular complexity index is 368. The van der Waals surface area contributed by atoms with Gasteiger partial charge in [-0.25, -0.2) is 0 Å². The summed E-state index contributed by atoms with van der Waals surface area (Å²) in [7, 11) is 2.14. The number of likely N-dealkylation sites (N-methyl/N-ethyl adjacent to an activating group) is 1. The maximum atomic E-state index is 5.94. The molecule has 1 aromatic heterocycles. The summed E-state index contributed by atoms with van der Waals surface area (Å²) in [5, 5.41) is 0. The van der Waals surface area contributed by atoms with Crippen LogP contribution in [0, 0.1) is 5.92 Å². The summed E-state index contributed by atoms with van der Waals surface area (Å²) >= 11 is 3.46. The van der Waals surface area contributed by atoms with Crippen molar-refractivity contribution in [3.63, 3.8) is 0 Å². The van der Waals surface area contributed by atoms with Gasteiger partial charge in [-0.1, -0.05) is 13.8 Å². The molecule has 2 atom stereocenters. The van der Waals surface area contributed by atoms with Crippen LogP contribution in [0.2, 0.25) is 0 Å². The molecule has 1 heterocycles. The maximum Gasteiger partial charge on any atom is 0.0485 e. The molecule has 0 aliphatic heterocycles. The number of hydrogen-bond donors (Lipinski definition) is 1. The molecule has 1 aromatic rings. The van der Waals surface area contributed by atoms with Gasteiger partial charge in [0.1, 0.15) is 0 Å². The third-order valence-corrected chi connectivity index (χ3v) is 3.77. The van der Waals surface area contributed by atoms with E-state index in [9.17, 15) is 0 Å². The molecule has 0 saturated heterocycles. The third-order valence-electron chi connectivity index (χ3n) is 3.33. The summed E-state index contributed by atoms with van der Waals surface area (Å²) in [4.78, 5) is 6.58. The summed E-state index contributed by atoms with van der Waals surface area (Å²) < 4.78 is 1.00. The van der Waals surface area contributed by atoms with Crippen LogP contribution in [-0.4, -0.2) is 29.5 Å². The lowest BCUT2D eigenvalue weighted by atomic mass is 10.0. The zero-order valence-electron chi connectivity index (χ0n) is 11.7. The van der Waals surface area contributed by atoms with Crippen LogP contribution in [0.4, 0.5) is 0 Å². The van der Waals surface area contributed by atoms with E-state index in [1.807, 2.05) is 6.20 Å². The molecular formula is C14H24BrN3. The highest BCUT2D eigenvalue weighted by molar-refractivity contribution is 9.10. The van der Waals surface area contributed by atoms with Crippen molar-refractivity contribution >= 4 is 15.9 Å². The van der Waals surface area contributed by atoms with E-state index in [-0.39, 0.29) is 6.04 Å². The van der Waals surface area contributed by atoms with Gasteiger partial charge in [-0.05, 0) is 53.9 Å². The largest absolute Gasteiger partial charge is 0.329 e. The molecule has 0 fully saturated rings. The van der Waals surface area contributed by atoms with Gasteiger partial charge >= 0.3 is 0 Å². The fourth-order valence-corrected chi connectivity index (χ4v) is 2.69. The van der Waals surface area contributed by atoms with Crippen LogP contribution in [0.3, 0.4) is 0 Å². The Kier molecular flexibility index (Phi) is 6.26. The van der Waals surface area contributed by atoms with Crippen molar-refractivity contribution in [1.82, 2.24) is 9.88 Å². The number of pyridine rings is 1. The van der Waals surface area contributed by atoms with E-state index in [0.717, 1.165) is 4.47 Å². The molecule has 4 heteroatoms. The molecule has 1 rings (SSSR count). The zero-order valence-corrected chi connectivity index (χ0v) is 13.3. The average molecular weight is 314 g/mol. The summed E-state index contributed by atoms with van der Waals surface area (Å²) in [6, 6.07) is 2.84. The lowest BCUT2D eigenvalue weighted by Crippen LogP contribution is -2.37. The summed E-state index contributed by atoms with van der Waals surface area (Å²) in [6.07, 6.45) is 4.88. The predicted molar refractivity (Wildman–Crippen MR) is 80.4 cm³/mol. The second-order valence-corrected chi connectivity index (χ2v) is 6.25. The van der Waals surface area contributed by atoms with Crippen LogP contribution in [0.15, 0.2) is 22.9 Å². The molecule has 2 unspecified atom stereocenters. The topological polar surface area (TPSA) is 42.1 Å². The minimum atomic E-state index is 0.226. The molecule has 0 spiro atoms. The van der Waals surface area contributed by atoms with Crippen molar-refractivity contribution in [2.24, 2.45) is 11.7 Å². The standard InChI is InChI=1S/C14H24BrN3/c1-10(2)5-11(3)18(4)14(7-16)12-6-13(15)9-17-8-12/h6,8-11,14H,5,7,16H2,1-4H3. The molecule has 18 heavy (non-hydrogen) atoms. The lowest BCUT2D eigenvalue weighted by Gasteiger charge is -2.33. The molecule has 3 nitrogen and oxygen atoms in total. The van der Waals surface area contributed by atoms with Crippen molar-refractivity contribution in [3.05, 3.63) is 28.5 Å². The van der Waals surface area contributed by atoms with Crippen LogP contribution in [-0.2, 0) is 0 Å². The fraction of sp³-hybridized carbons (Fsp3) is 0.643. The molecule has 0 saturated carbocycles. The molecule has 0 aromatic carbocycles. The second kappa shape index (κ2) is 7.22. The number of rotatable bonds is 6. The molecule has 0 bridgehead atoms. The Labute approximate surface area is 119 Å². The normalized spacial score (nSPS) is 15.1. The first-order valence-corrected chi connectivity index (χ1v) is 7.27. The van der Waals surface area contributed by atoms with E-state index in [1.54, 1.807) is 6.20 Å². The number of nitrogens with zero attached hydrogens (tertiary/aromatic N) is 2. The second-order valence-electron chi connectivity index (χ2n) is 5.33. The van der Waals surface area contributed by atoms with Gasteiger partial charge in [0.25, 0.3) is 0 Å². The van der Waals surface area contributed by atoms with Crippen molar-refractivity contribution in [2.45, 2.75) is 39.3 Å². The van der Waals surface area contributed by atoms with E-state index in [2.05, 4.69) is 59.7 Å². The Morgan fingerprint density at radius 2 is 2.00 bits per heavy atom. The van der Waals surface area contributed by atoms with Gasteiger partial charge in [0, 0.05) is 35.5 Å². The van der Waals surface area contributed by atoms with Gasteiger partial charge in [0.05, 0.1) is 0 Å². The van der Waals surface area contributed by atoms with E-state index in [4.69, 9.17) is 5.73 Å². The Balaban J connectivity index is 2.82. The predicted octanol–water partition coefficient (Wildman–Crippen LogP) is 3.21. The van der Waals surface area contributed by atoms with E-state index in [0.29, 0.717) is 18.5 Å². The van der Waals surface area contributed by atoms with Crippen molar-refractivity contribution in [2.75, 3.05) is 13.6 Å². The smallest absolute Gasteiger partial charge is 0.0485 e. The van der Waals surface area contributed by atoms with Gasteiger partial charge < -0.3 is 5.73 Å². The minimum absolute atomic E-state index is 0.226. The molecular weight excluding hydrogens is 290 g/mol. The Morgan fingerprint density at radius 1 is 1.33 bits per heavy atom. The molecule has 0 aliphatic carbocycles. The minimum Gasteiger partial charge on any atom is -0.329 e. The monoisotopic (exact) mass is 313 g/mol. The molecule has 102 valence electrons. The number of hydrogen-bond acceptors (Lipinski definition) is 3. The maximum absolute atomic E-state index is 5.94. The van der Waals surface area contributed by atoms with Crippen LogP contribution in [0.25, 0.3) is 0 Å². The van der Waals surface area contributed by atoms with Crippen LogP contribution < -0.4 is 5.73 Å². The summed E-state index contributed by atoms with van der Waals surface area (Å²) in [5.41, 5.74) is 7.11. The average Bonchev–Trinajstić information content (AvgIpc) is 2.29. The molecule has 2 N–H and O–H groups in total. The van der Waals surface area contributed by atoms with Crippen LogP contribution in [0.5, 0.6) is 0 Å². The summed E-state index contributed by atoms with van der Waals surface area (Å²) in [6.45, 7) is 7.37. The van der Waals surface area contributed by atoms with Gasteiger partial charge in [-0.3, -0.25) is 9.88 Å².